The number of carbonyl (C=O) groups is 1. The van der Waals surface area contributed by atoms with Gasteiger partial charge >= 0.3 is 12.1 Å². The van der Waals surface area contributed by atoms with E-state index < -0.39 is 21.6 Å². The molecule has 0 N–H and O–H groups in total. The van der Waals surface area contributed by atoms with Crippen molar-refractivity contribution in [2.45, 2.75) is 43.7 Å². The zero-order chi connectivity index (χ0) is 24.9. The summed E-state index contributed by atoms with van der Waals surface area (Å²) in [7, 11) is -3.38. The summed E-state index contributed by atoms with van der Waals surface area (Å²) in [5, 5.41) is 4.54. The number of hydrogen-bond acceptors (Lipinski definition) is 5. The lowest BCUT2D eigenvalue weighted by Crippen LogP contribution is -2.06. The van der Waals surface area contributed by atoms with E-state index in [2.05, 4.69) is 5.10 Å². The second-order valence-electron chi connectivity index (χ2n) is 7.85. The molecule has 182 valence electrons. The highest BCUT2D eigenvalue weighted by atomic mass is 32.2. The van der Waals surface area contributed by atoms with Crippen LogP contribution in [0.3, 0.4) is 0 Å². The van der Waals surface area contributed by atoms with Gasteiger partial charge in [0.15, 0.2) is 9.84 Å². The molecule has 0 aliphatic rings. The molecule has 0 radical (unpaired) electrons. The maximum Gasteiger partial charge on any atom is 0.416 e. The van der Waals surface area contributed by atoms with Crippen LogP contribution in [0.1, 0.15) is 37.4 Å². The van der Waals surface area contributed by atoms with Crippen LogP contribution in [-0.4, -0.2) is 37.0 Å². The summed E-state index contributed by atoms with van der Waals surface area (Å²) in [5.74, 6) is -0.291. The molecule has 0 spiro atoms. The number of aromatic nitrogens is 2. The minimum Gasteiger partial charge on any atom is -0.466 e. The maximum atomic E-state index is 13.0. The Labute approximate surface area is 196 Å². The normalized spacial score (nSPS) is 12.0. The van der Waals surface area contributed by atoms with Gasteiger partial charge in [0, 0.05) is 18.2 Å². The van der Waals surface area contributed by atoms with Gasteiger partial charge in [0.05, 0.1) is 34.1 Å². The van der Waals surface area contributed by atoms with E-state index in [-0.39, 0.29) is 17.3 Å². The summed E-state index contributed by atoms with van der Waals surface area (Å²) in [6.07, 6.45) is -1.42. The quantitative estimate of drug-likeness (QED) is 0.380. The van der Waals surface area contributed by atoms with E-state index in [0.717, 1.165) is 24.8 Å². The van der Waals surface area contributed by atoms with E-state index in [9.17, 15) is 26.4 Å². The Balaban J connectivity index is 1.92. The molecule has 3 rings (SSSR count). The summed E-state index contributed by atoms with van der Waals surface area (Å²) >= 11 is 0. The van der Waals surface area contributed by atoms with Crippen molar-refractivity contribution in [3.63, 3.8) is 0 Å². The monoisotopic (exact) mass is 494 g/mol. The standard InChI is InChI=1S/C24H25F3N2O4S/c1-3-15-33-23(30)6-4-5-19-16-22(17-7-13-21(14-8-17)34(2,31)32)29(28-19)20-11-9-18(10-12-20)24(25,26)27/h7-14,16H,3-6,15H2,1-2H3. The van der Waals surface area contributed by atoms with Gasteiger partial charge in [-0.3, -0.25) is 4.79 Å². The molecule has 1 heterocycles. The molecule has 0 amide bonds. The first-order valence-corrected chi connectivity index (χ1v) is 12.6. The van der Waals surface area contributed by atoms with E-state index >= 15 is 0 Å². The summed E-state index contributed by atoms with van der Waals surface area (Å²) in [6, 6.07) is 12.6. The molecule has 6 nitrogen and oxygen atoms in total. The average Bonchev–Trinajstić information content (AvgIpc) is 3.21. The van der Waals surface area contributed by atoms with E-state index in [1.165, 1.54) is 28.9 Å². The molecular weight excluding hydrogens is 469 g/mol. The summed E-state index contributed by atoms with van der Waals surface area (Å²) in [5.41, 5.74) is 1.53. The van der Waals surface area contributed by atoms with Gasteiger partial charge in [0.2, 0.25) is 0 Å². The second kappa shape index (κ2) is 10.4. The van der Waals surface area contributed by atoms with Gasteiger partial charge in [-0.05, 0) is 61.7 Å². The topological polar surface area (TPSA) is 78.3 Å². The van der Waals surface area contributed by atoms with Crippen molar-refractivity contribution in [2.24, 2.45) is 0 Å². The highest BCUT2D eigenvalue weighted by molar-refractivity contribution is 7.90. The lowest BCUT2D eigenvalue weighted by molar-refractivity contribution is -0.143. The number of hydrogen-bond donors (Lipinski definition) is 0. The molecule has 0 aliphatic heterocycles. The number of halogens is 3. The average molecular weight is 495 g/mol. The number of sulfone groups is 1. The highest BCUT2D eigenvalue weighted by Gasteiger charge is 2.30. The Morgan fingerprint density at radius 2 is 1.71 bits per heavy atom. The number of nitrogens with zero attached hydrogens (tertiary/aromatic N) is 2. The minimum atomic E-state index is -4.45. The summed E-state index contributed by atoms with van der Waals surface area (Å²) < 4.78 is 69.1. The first-order chi connectivity index (χ1) is 16.0. The van der Waals surface area contributed by atoms with Crippen LogP contribution in [-0.2, 0) is 32.0 Å². The van der Waals surface area contributed by atoms with Gasteiger partial charge < -0.3 is 4.74 Å². The smallest absolute Gasteiger partial charge is 0.416 e. The van der Waals surface area contributed by atoms with E-state index in [0.29, 0.717) is 42.1 Å². The predicted molar refractivity (Wildman–Crippen MR) is 121 cm³/mol. The van der Waals surface area contributed by atoms with Gasteiger partial charge in [-0.1, -0.05) is 19.1 Å². The van der Waals surface area contributed by atoms with Crippen molar-refractivity contribution in [1.29, 1.82) is 0 Å². The Kier molecular flexibility index (Phi) is 7.81. The van der Waals surface area contributed by atoms with Gasteiger partial charge in [0.25, 0.3) is 0 Å². The molecule has 1 aromatic heterocycles. The van der Waals surface area contributed by atoms with Crippen LogP contribution in [0.2, 0.25) is 0 Å². The molecule has 2 aromatic carbocycles. The van der Waals surface area contributed by atoms with Crippen molar-refractivity contribution >= 4 is 15.8 Å². The molecule has 0 unspecified atom stereocenters. The highest BCUT2D eigenvalue weighted by Crippen LogP contribution is 2.31. The molecule has 0 saturated heterocycles. The predicted octanol–water partition coefficient (Wildman–Crippen LogP) is 5.24. The number of carbonyl (C=O) groups excluding carboxylic acids is 1. The van der Waals surface area contributed by atoms with Crippen LogP contribution in [0.25, 0.3) is 16.9 Å². The van der Waals surface area contributed by atoms with Crippen LogP contribution in [0.5, 0.6) is 0 Å². The lowest BCUT2D eigenvalue weighted by Gasteiger charge is -2.10. The van der Waals surface area contributed by atoms with Crippen molar-refractivity contribution in [3.8, 4) is 16.9 Å². The first kappa shape index (κ1) is 25.5. The number of ether oxygens (including phenoxy) is 1. The van der Waals surface area contributed by atoms with Crippen LogP contribution in [0, 0.1) is 0 Å². The molecule has 0 atom stereocenters. The van der Waals surface area contributed by atoms with E-state index in [1.807, 2.05) is 6.92 Å². The SMILES string of the molecule is CCCOC(=O)CCCc1cc(-c2ccc(S(C)(=O)=O)cc2)n(-c2ccc(C(F)(F)F)cc2)n1. The third kappa shape index (κ3) is 6.47. The van der Waals surface area contributed by atoms with E-state index in [4.69, 9.17) is 4.74 Å². The van der Waals surface area contributed by atoms with Crippen LogP contribution in [0.15, 0.2) is 59.5 Å². The first-order valence-electron chi connectivity index (χ1n) is 10.7. The maximum absolute atomic E-state index is 13.0. The van der Waals surface area contributed by atoms with Crippen molar-refractivity contribution in [1.82, 2.24) is 9.78 Å². The van der Waals surface area contributed by atoms with Crippen LogP contribution < -0.4 is 0 Å². The second-order valence-corrected chi connectivity index (χ2v) is 9.86. The van der Waals surface area contributed by atoms with Gasteiger partial charge in [-0.25, -0.2) is 13.1 Å². The third-order valence-corrected chi connectivity index (χ3v) is 6.19. The largest absolute Gasteiger partial charge is 0.466 e. The zero-order valence-electron chi connectivity index (χ0n) is 18.8. The molecule has 0 aliphatic carbocycles. The van der Waals surface area contributed by atoms with Crippen molar-refractivity contribution in [3.05, 3.63) is 65.9 Å². The summed E-state index contributed by atoms with van der Waals surface area (Å²) in [4.78, 5) is 11.9. The molecule has 3 aromatic rings. The molecule has 34 heavy (non-hydrogen) atoms. The molecular formula is C24H25F3N2O4S. The fourth-order valence-electron chi connectivity index (χ4n) is 3.32. The Bertz CT molecular complexity index is 1230. The Morgan fingerprint density at radius 3 is 2.26 bits per heavy atom. The minimum absolute atomic E-state index is 0.155. The number of rotatable bonds is 9. The fourth-order valence-corrected chi connectivity index (χ4v) is 3.95. The molecule has 0 saturated carbocycles. The fraction of sp³-hybridized carbons (Fsp3) is 0.333. The van der Waals surface area contributed by atoms with Gasteiger partial charge in [-0.2, -0.15) is 18.3 Å². The van der Waals surface area contributed by atoms with E-state index in [1.54, 1.807) is 18.2 Å². The molecule has 0 fully saturated rings. The number of alkyl halides is 3. The molecule has 0 bridgehead atoms. The van der Waals surface area contributed by atoms with Gasteiger partial charge in [0.1, 0.15) is 0 Å². The number of esters is 1. The van der Waals surface area contributed by atoms with Crippen LogP contribution >= 0.6 is 0 Å². The van der Waals surface area contributed by atoms with Crippen molar-refractivity contribution in [2.75, 3.05) is 12.9 Å². The third-order valence-electron chi connectivity index (χ3n) is 5.06. The van der Waals surface area contributed by atoms with Crippen molar-refractivity contribution < 1.29 is 31.1 Å². The number of benzene rings is 2. The lowest BCUT2D eigenvalue weighted by atomic mass is 10.1. The van der Waals surface area contributed by atoms with Crippen LogP contribution in [0.4, 0.5) is 13.2 Å². The Hall–Kier alpha value is -3.14. The molecule has 10 heteroatoms. The summed E-state index contributed by atoms with van der Waals surface area (Å²) in [6.45, 7) is 2.28. The number of aryl methyl sites for hydroxylation is 1. The zero-order valence-corrected chi connectivity index (χ0v) is 19.6. The van der Waals surface area contributed by atoms with Gasteiger partial charge in [-0.15, -0.1) is 0 Å². The Morgan fingerprint density at radius 1 is 1.06 bits per heavy atom.